The van der Waals surface area contributed by atoms with Gasteiger partial charge in [-0.2, -0.15) is 0 Å². The Labute approximate surface area is 190 Å². The predicted octanol–water partition coefficient (Wildman–Crippen LogP) is 5.41. The Morgan fingerprint density at radius 3 is 2.42 bits per heavy atom. The zero-order chi connectivity index (χ0) is 23.2. The van der Waals surface area contributed by atoms with E-state index >= 15 is 0 Å². The van der Waals surface area contributed by atoms with Crippen LogP contribution in [0.1, 0.15) is 73.3 Å². The second kappa shape index (κ2) is 11.2. The van der Waals surface area contributed by atoms with Crippen molar-refractivity contribution in [2.24, 2.45) is 17.1 Å². The molecule has 1 fully saturated rings. The molecule has 174 valence electrons. The molecule has 1 amide bonds. The van der Waals surface area contributed by atoms with Crippen LogP contribution in [0.4, 0.5) is 5.69 Å². The van der Waals surface area contributed by atoms with Crippen LogP contribution in [0.5, 0.6) is 0 Å². The summed E-state index contributed by atoms with van der Waals surface area (Å²) < 4.78 is 0. The largest absolute Gasteiger partial charge is 0.363 e. The van der Waals surface area contributed by atoms with Gasteiger partial charge < -0.3 is 15.5 Å². The molecule has 1 heterocycles. The van der Waals surface area contributed by atoms with Gasteiger partial charge in [-0.15, -0.1) is 0 Å². The SMILES string of the molecule is CC(C)=CCN(c1ccc(CCC(C)(C)C)cc1)C1CCN(C(=O)C(N)CC(C)C)C1. The molecule has 2 atom stereocenters. The van der Waals surface area contributed by atoms with Crippen molar-refractivity contribution >= 4 is 11.6 Å². The summed E-state index contributed by atoms with van der Waals surface area (Å²) in [5, 5.41) is 0. The first kappa shape index (κ1) is 25.5. The van der Waals surface area contributed by atoms with Gasteiger partial charge in [-0.1, -0.05) is 58.4 Å². The first-order chi connectivity index (χ1) is 14.5. The quantitative estimate of drug-likeness (QED) is 0.536. The Hall–Kier alpha value is -1.81. The average molecular weight is 428 g/mol. The maximum atomic E-state index is 12.8. The van der Waals surface area contributed by atoms with Crippen LogP contribution in [0.25, 0.3) is 0 Å². The maximum absolute atomic E-state index is 12.8. The maximum Gasteiger partial charge on any atom is 0.239 e. The highest BCUT2D eigenvalue weighted by atomic mass is 16.2. The number of hydrogen-bond donors (Lipinski definition) is 1. The second-order valence-electron chi connectivity index (χ2n) is 11.1. The number of benzene rings is 1. The Kier molecular flexibility index (Phi) is 9.17. The van der Waals surface area contributed by atoms with E-state index in [-0.39, 0.29) is 11.9 Å². The zero-order valence-electron chi connectivity index (χ0n) is 20.9. The summed E-state index contributed by atoms with van der Waals surface area (Å²) in [6, 6.07) is 9.00. The van der Waals surface area contributed by atoms with Gasteiger partial charge in [0.15, 0.2) is 0 Å². The smallest absolute Gasteiger partial charge is 0.239 e. The van der Waals surface area contributed by atoms with Crippen LogP contribution in [0.2, 0.25) is 0 Å². The fourth-order valence-electron chi connectivity index (χ4n) is 4.16. The molecule has 4 nitrogen and oxygen atoms in total. The van der Waals surface area contributed by atoms with Crippen molar-refractivity contribution in [2.75, 3.05) is 24.5 Å². The van der Waals surface area contributed by atoms with Gasteiger partial charge in [0.05, 0.1) is 6.04 Å². The molecule has 1 saturated heterocycles. The van der Waals surface area contributed by atoms with Crippen molar-refractivity contribution in [3.63, 3.8) is 0 Å². The average Bonchev–Trinajstić information content (AvgIpc) is 3.15. The monoisotopic (exact) mass is 427 g/mol. The summed E-state index contributed by atoms with van der Waals surface area (Å²) in [7, 11) is 0. The van der Waals surface area contributed by atoms with Crippen LogP contribution in [0.3, 0.4) is 0 Å². The van der Waals surface area contributed by atoms with Gasteiger partial charge in [-0.3, -0.25) is 4.79 Å². The first-order valence-corrected chi connectivity index (χ1v) is 12.0. The van der Waals surface area contributed by atoms with E-state index in [0.29, 0.717) is 17.4 Å². The van der Waals surface area contributed by atoms with Crippen LogP contribution >= 0.6 is 0 Å². The minimum atomic E-state index is -0.382. The molecule has 1 aliphatic heterocycles. The Balaban J connectivity index is 2.10. The van der Waals surface area contributed by atoms with E-state index < -0.39 is 0 Å². The Bertz CT molecular complexity index is 726. The summed E-state index contributed by atoms with van der Waals surface area (Å²) in [6.45, 7) is 17.8. The van der Waals surface area contributed by atoms with Crippen LogP contribution in [0, 0.1) is 11.3 Å². The molecule has 0 aliphatic carbocycles. The number of nitrogens with two attached hydrogens (primary N) is 1. The van der Waals surface area contributed by atoms with Crippen molar-refractivity contribution < 1.29 is 4.79 Å². The fraction of sp³-hybridized carbons (Fsp3) is 0.667. The number of anilines is 1. The molecule has 0 spiro atoms. The minimum absolute atomic E-state index is 0.107. The predicted molar refractivity (Wildman–Crippen MR) is 133 cm³/mol. The number of hydrogen-bond acceptors (Lipinski definition) is 3. The number of carbonyl (C=O) groups is 1. The normalized spacial score (nSPS) is 17.7. The summed E-state index contributed by atoms with van der Waals surface area (Å²) in [6.07, 6.45) is 6.31. The van der Waals surface area contributed by atoms with Crippen LogP contribution in [0.15, 0.2) is 35.9 Å². The third-order valence-electron chi connectivity index (χ3n) is 6.09. The molecule has 4 heteroatoms. The summed E-state index contributed by atoms with van der Waals surface area (Å²) in [4.78, 5) is 17.3. The molecule has 1 aromatic carbocycles. The van der Waals surface area contributed by atoms with Crippen molar-refractivity contribution in [1.29, 1.82) is 0 Å². The Morgan fingerprint density at radius 2 is 1.87 bits per heavy atom. The molecule has 1 aromatic rings. The zero-order valence-corrected chi connectivity index (χ0v) is 20.9. The van der Waals surface area contributed by atoms with Crippen LogP contribution in [-0.2, 0) is 11.2 Å². The van der Waals surface area contributed by atoms with Crippen LogP contribution < -0.4 is 10.6 Å². The van der Waals surface area contributed by atoms with Crippen molar-refractivity contribution in [2.45, 2.75) is 86.2 Å². The number of likely N-dealkylation sites (tertiary alicyclic amines) is 1. The molecule has 1 aliphatic rings. The Morgan fingerprint density at radius 1 is 1.23 bits per heavy atom. The number of carbonyl (C=O) groups excluding carboxylic acids is 1. The number of amides is 1. The van der Waals surface area contributed by atoms with Gasteiger partial charge in [0.1, 0.15) is 0 Å². The summed E-state index contributed by atoms with van der Waals surface area (Å²) in [5.74, 6) is 0.541. The van der Waals surface area contributed by atoms with E-state index in [1.54, 1.807) is 0 Å². The molecular formula is C27H45N3O. The van der Waals surface area contributed by atoms with Gasteiger partial charge in [-0.05, 0) is 68.6 Å². The molecule has 2 rings (SSSR count). The number of aryl methyl sites for hydroxylation is 1. The van der Waals surface area contributed by atoms with Crippen molar-refractivity contribution in [3.05, 3.63) is 41.5 Å². The first-order valence-electron chi connectivity index (χ1n) is 12.0. The van der Waals surface area contributed by atoms with Crippen molar-refractivity contribution in [1.82, 2.24) is 4.90 Å². The third kappa shape index (κ3) is 8.33. The van der Waals surface area contributed by atoms with E-state index in [1.807, 2.05) is 4.90 Å². The van der Waals surface area contributed by atoms with Gasteiger partial charge in [0, 0.05) is 31.4 Å². The lowest BCUT2D eigenvalue weighted by molar-refractivity contribution is -0.131. The molecule has 0 aromatic heterocycles. The van der Waals surface area contributed by atoms with Gasteiger partial charge >= 0.3 is 0 Å². The lowest BCUT2D eigenvalue weighted by atomic mass is 9.89. The lowest BCUT2D eigenvalue weighted by Crippen LogP contribution is -2.45. The molecule has 2 unspecified atom stereocenters. The second-order valence-corrected chi connectivity index (χ2v) is 11.1. The molecule has 0 bridgehead atoms. The highest BCUT2D eigenvalue weighted by Crippen LogP contribution is 2.26. The number of nitrogens with zero attached hydrogens (tertiary/aromatic N) is 2. The highest BCUT2D eigenvalue weighted by molar-refractivity contribution is 5.82. The molecular weight excluding hydrogens is 382 g/mol. The van der Waals surface area contributed by atoms with Gasteiger partial charge in [-0.25, -0.2) is 0 Å². The fourth-order valence-corrected chi connectivity index (χ4v) is 4.16. The van der Waals surface area contributed by atoms with Crippen molar-refractivity contribution in [3.8, 4) is 0 Å². The highest BCUT2D eigenvalue weighted by Gasteiger charge is 2.32. The molecule has 0 radical (unpaired) electrons. The third-order valence-corrected chi connectivity index (χ3v) is 6.09. The van der Waals surface area contributed by atoms with E-state index in [2.05, 4.69) is 83.7 Å². The van der Waals surface area contributed by atoms with Gasteiger partial charge in [0.25, 0.3) is 0 Å². The summed E-state index contributed by atoms with van der Waals surface area (Å²) in [5.41, 5.74) is 10.5. The topological polar surface area (TPSA) is 49.6 Å². The number of rotatable bonds is 9. The molecule has 2 N–H and O–H groups in total. The van der Waals surface area contributed by atoms with Gasteiger partial charge in [0.2, 0.25) is 5.91 Å². The van der Waals surface area contributed by atoms with E-state index in [9.17, 15) is 4.79 Å². The van der Waals surface area contributed by atoms with E-state index in [4.69, 9.17) is 5.73 Å². The standard InChI is InChI=1S/C27H45N3O/c1-20(2)13-17-30(23-10-8-22(9-11-23)12-15-27(5,6)7)24-14-16-29(19-24)26(31)25(28)18-21(3)4/h8-11,13,21,24-25H,12,14-19,28H2,1-7H3. The molecule has 0 saturated carbocycles. The summed E-state index contributed by atoms with van der Waals surface area (Å²) >= 11 is 0. The van der Waals surface area contributed by atoms with E-state index in [0.717, 1.165) is 38.9 Å². The van der Waals surface area contributed by atoms with Crippen LogP contribution in [-0.4, -0.2) is 42.5 Å². The lowest BCUT2D eigenvalue weighted by Gasteiger charge is -2.31. The van der Waals surface area contributed by atoms with E-state index in [1.165, 1.54) is 23.2 Å². The minimum Gasteiger partial charge on any atom is -0.363 e. The number of allylic oxidation sites excluding steroid dienone is 1. The molecule has 31 heavy (non-hydrogen) atoms.